The topological polar surface area (TPSA) is 21.7 Å². The van der Waals surface area contributed by atoms with Gasteiger partial charge in [0.15, 0.2) is 0 Å². The summed E-state index contributed by atoms with van der Waals surface area (Å²) in [5, 5.41) is 0. The Morgan fingerprint density at radius 2 is 1.83 bits per heavy atom. The van der Waals surface area contributed by atoms with Crippen LogP contribution < -0.4 is 4.74 Å². The molecule has 0 saturated heterocycles. The average molecular weight is 269 g/mol. The Morgan fingerprint density at radius 3 is 2.33 bits per heavy atom. The van der Waals surface area contributed by atoms with Gasteiger partial charge in [0, 0.05) is 18.0 Å². The second kappa shape index (κ2) is 7.67. The van der Waals surface area contributed by atoms with Crippen LogP contribution in [0.4, 0.5) is 0 Å². The minimum atomic E-state index is 0.772. The quantitative estimate of drug-likeness (QED) is 0.559. The molecule has 1 aromatic carbocycles. The number of aryl methyl sites for hydroxylation is 2. The lowest BCUT2D eigenvalue weighted by molar-refractivity contribution is 0.140. The summed E-state index contributed by atoms with van der Waals surface area (Å²) in [6.45, 7) is 8.73. The highest BCUT2D eigenvalue weighted by Gasteiger charge is 2.09. The van der Waals surface area contributed by atoms with Crippen molar-refractivity contribution in [1.29, 1.82) is 0 Å². The van der Waals surface area contributed by atoms with Gasteiger partial charge in [-0.2, -0.15) is 0 Å². The number of benzene rings is 1. The molecule has 0 atom stereocenters. The number of rotatable bonds is 7. The smallest absolute Gasteiger partial charge is 0.119 e. The van der Waals surface area contributed by atoms with Gasteiger partial charge in [-0.25, -0.2) is 4.31 Å². The van der Waals surface area contributed by atoms with E-state index in [1.165, 1.54) is 16.0 Å². The third-order valence-corrected chi connectivity index (χ3v) is 3.99. The molecule has 4 heteroatoms. The van der Waals surface area contributed by atoms with Crippen LogP contribution in [-0.2, 0) is 4.74 Å². The molecule has 18 heavy (non-hydrogen) atoms. The summed E-state index contributed by atoms with van der Waals surface area (Å²) in [4.78, 5) is 1.30. The molecule has 0 unspecified atom stereocenters. The van der Waals surface area contributed by atoms with Crippen LogP contribution in [0.5, 0.6) is 5.75 Å². The first-order valence-electron chi connectivity index (χ1n) is 6.20. The molecule has 0 fully saturated rings. The van der Waals surface area contributed by atoms with Crippen molar-refractivity contribution in [2.75, 3.05) is 33.9 Å². The van der Waals surface area contributed by atoms with E-state index in [0.29, 0.717) is 0 Å². The summed E-state index contributed by atoms with van der Waals surface area (Å²) in [5.74, 6) is 0.923. The molecule has 0 bridgehead atoms. The van der Waals surface area contributed by atoms with Crippen molar-refractivity contribution in [3.05, 3.63) is 23.3 Å². The summed E-state index contributed by atoms with van der Waals surface area (Å²) in [5.41, 5.74) is 2.50. The first-order chi connectivity index (χ1) is 8.58. The van der Waals surface area contributed by atoms with Gasteiger partial charge < -0.3 is 9.47 Å². The largest absolute Gasteiger partial charge is 0.497 e. The van der Waals surface area contributed by atoms with E-state index in [0.717, 1.165) is 25.5 Å². The summed E-state index contributed by atoms with van der Waals surface area (Å²) >= 11 is 1.76. The van der Waals surface area contributed by atoms with E-state index in [9.17, 15) is 0 Å². The molecule has 0 amide bonds. The van der Waals surface area contributed by atoms with Crippen molar-refractivity contribution in [3.63, 3.8) is 0 Å². The van der Waals surface area contributed by atoms with Crippen LogP contribution in [0, 0.1) is 13.8 Å². The molecule has 1 aromatic rings. The SMILES string of the molecule is CCOCCN(C)Sc1c(C)cc(OC)cc1C. The first-order valence-corrected chi connectivity index (χ1v) is 6.98. The molecule has 0 aromatic heterocycles. The monoisotopic (exact) mass is 269 g/mol. The highest BCUT2D eigenvalue weighted by molar-refractivity contribution is 7.97. The van der Waals surface area contributed by atoms with Crippen LogP contribution in [0.15, 0.2) is 17.0 Å². The summed E-state index contributed by atoms with van der Waals surface area (Å²) in [7, 11) is 3.79. The lowest BCUT2D eigenvalue weighted by atomic mass is 10.1. The van der Waals surface area contributed by atoms with Crippen LogP contribution in [0.1, 0.15) is 18.1 Å². The zero-order valence-electron chi connectivity index (χ0n) is 11.9. The maximum absolute atomic E-state index is 5.36. The van der Waals surface area contributed by atoms with Crippen molar-refractivity contribution >= 4 is 11.9 Å². The second-order valence-electron chi connectivity index (χ2n) is 4.23. The van der Waals surface area contributed by atoms with Crippen LogP contribution >= 0.6 is 11.9 Å². The Labute approximate surface area is 115 Å². The van der Waals surface area contributed by atoms with Crippen LogP contribution in [0.25, 0.3) is 0 Å². The Morgan fingerprint density at radius 1 is 1.22 bits per heavy atom. The third-order valence-electron chi connectivity index (χ3n) is 2.67. The highest BCUT2D eigenvalue weighted by Crippen LogP contribution is 2.31. The zero-order valence-corrected chi connectivity index (χ0v) is 12.8. The fourth-order valence-corrected chi connectivity index (χ4v) is 2.59. The summed E-state index contributed by atoms with van der Waals surface area (Å²) in [6.07, 6.45) is 0. The fourth-order valence-electron chi connectivity index (χ4n) is 1.71. The van der Waals surface area contributed by atoms with Gasteiger partial charge in [-0.05, 0) is 63.0 Å². The number of ether oxygens (including phenoxy) is 2. The van der Waals surface area contributed by atoms with Crippen LogP contribution in [0.2, 0.25) is 0 Å². The number of methoxy groups -OCH3 is 1. The highest BCUT2D eigenvalue weighted by atomic mass is 32.2. The second-order valence-corrected chi connectivity index (χ2v) is 5.44. The molecule has 0 N–H and O–H groups in total. The number of likely N-dealkylation sites (N-methyl/N-ethyl adjacent to an activating group) is 1. The predicted molar refractivity (Wildman–Crippen MR) is 77.4 cm³/mol. The van der Waals surface area contributed by atoms with Gasteiger partial charge in [0.2, 0.25) is 0 Å². The molecule has 0 aliphatic rings. The van der Waals surface area contributed by atoms with E-state index in [-0.39, 0.29) is 0 Å². The standard InChI is InChI=1S/C14H23NO2S/c1-6-17-8-7-15(4)18-14-11(2)9-13(16-5)10-12(14)3/h9-10H,6-8H2,1-5H3. The Bertz CT molecular complexity index is 359. The molecule has 3 nitrogen and oxygen atoms in total. The Balaban J connectivity index is 2.66. The van der Waals surface area contributed by atoms with Gasteiger partial charge in [-0.3, -0.25) is 0 Å². The molecular formula is C14H23NO2S. The normalized spacial score (nSPS) is 11.0. The predicted octanol–water partition coefficient (Wildman–Crippen LogP) is 3.29. The minimum absolute atomic E-state index is 0.772. The third kappa shape index (κ3) is 4.52. The van der Waals surface area contributed by atoms with E-state index >= 15 is 0 Å². The van der Waals surface area contributed by atoms with E-state index in [4.69, 9.17) is 9.47 Å². The van der Waals surface area contributed by atoms with E-state index in [2.05, 4.69) is 37.3 Å². The van der Waals surface area contributed by atoms with Crippen molar-refractivity contribution in [3.8, 4) is 5.75 Å². The maximum Gasteiger partial charge on any atom is 0.119 e. The molecule has 0 aliphatic heterocycles. The molecular weight excluding hydrogens is 246 g/mol. The van der Waals surface area contributed by atoms with Gasteiger partial charge in [0.25, 0.3) is 0 Å². The van der Waals surface area contributed by atoms with Gasteiger partial charge >= 0.3 is 0 Å². The molecule has 102 valence electrons. The number of nitrogens with zero attached hydrogens (tertiary/aromatic N) is 1. The molecule has 0 radical (unpaired) electrons. The molecule has 0 spiro atoms. The van der Waals surface area contributed by atoms with E-state index < -0.39 is 0 Å². The minimum Gasteiger partial charge on any atom is -0.497 e. The van der Waals surface area contributed by atoms with Gasteiger partial charge in [0.05, 0.1) is 13.7 Å². The van der Waals surface area contributed by atoms with Crippen molar-refractivity contribution in [1.82, 2.24) is 4.31 Å². The van der Waals surface area contributed by atoms with Crippen molar-refractivity contribution < 1.29 is 9.47 Å². The number of hydrogen-bond donors (Lipinski definition) is 0. The first kappa shape index (κ1) is 15.3. The van der Waals surface area contributed by atoms with E-state index in [1.807, 2.05) is 6.92 Å². The lowest BCUT2D eigenvalue weighted by Crippen LogP contribution is -2.16. The average Bonchev–Trinajstić information content (AvgIpc) is 2.34. The lowest BCUT2D eigenvalue weighted by Gasteiger charge is -2.18. The molecule has 0 aliphatic carbocycles. The van der Waals surface area contributed by atoms with Crippen LogP contribution in [-0.4, -0.2) is 38.2 Å². The summed E-state index contributed by atoms with van der Waals surface area (Å²) < 4.78 is 12.8. The van der Waals surface area contributed by atoms with Crippen molar-refractivity contribution in [2.45, 2.75) is 25.7 Å². The Hall–Kier alpha value is -0.710. The van der Waals surface area contributed by atoms with E-state index in [1.54, 1.807) is 19.1 Å². The molecule has 1 rings (SSSR count). The van der Waals surface area contributed by atoms with Gasteiger partial charge in [-0.1, -0.05) is 0 Å². The van der Waals surface area contributed by atoms with Gasteiger partial charge in [0.1, 0.15) is 5.75 Å². The number of hydrogen-bond acceptors (Lipinski definition) is 4. The maximum atomic E-state index is 5.36. The zero-order chi connectivity index (χ0) is 13.5. The fraction of sp³-hybridized carbons (Fsp3) is 0.571. The summed E-state index contributed by atoms with van der Waals surface area (Å²) in [6, 6.07) is 4.15. The van der Waals surface area contributed by atoms with Gasteiger partial charge in [-0.15, -0.1) is 0 Å². The molecule has 0 heterocycles. The Kier molecular flexibility index (Phi) is 6.54. The molecule has 0 saturated carbocycles. The van der Waals surface area contributed by atoms with Crippen LogP contribution in [0.3, 0.4) is 0 Å². The van der Waals surface area contributed by atoms with Crippen molar-refractivity contribution in [2.24, 2.45) is 0 Å².